The highest BCUT2D eigenvalue weighted by atomic mass is 35.5. The summed E-state index contributed by atoms with van der Waals surface area (Å²) in [5, 5.41) is 3.29. The summed E-state index contributed by atoms with van der Waals surface area (Å²) in [6.45, 7) is 7.78. The lowest BCUT2D eigenvalue weighted by molar-refractivity contribution is -0.148. The van der Waals surface area contributed by atoms with E-state index < -0.39 is 0 Å². The van der Waals surface area contributed by atoms with Crippen molar-refractivity contribution in [1.29, 1.82) is 0 Å². The molecule has 0 radical (unpaired) electrons. The van der Waals surface area contributed by atoms with E-state index in [2.05, 4.69) is 12.2 Å². The minimum absolute atomic E-state index is 0. The number of nitrogens with one attached hydrogen (secondary N) is 1. The first-order valence-corrected chi connectivity index (χ1v) is 7.43. The van der Waals surface area contributed by atoms with E-state index in [1.165, 1.54) is 6.42 Å². The van der Waals surface area contributed by atoms with Crippen molar-refractivity contribution in [3.8, 4) is 0 Å². The van der Waals surface area contributed by atoms with Crippen LogP contribution >= 0.6 is 12.4 Å². The van der Waals surface area contributed by atoms with E-state index in [1.54, 1.807) is 0 Å². The number of rotatable bonds is 4. The van der Waals surface area contributed by atoms with Crippen molar-refractivity contribution in [2.24, 2.45) is 0 Å². The Kier molecular flexibility index (Phi) is 7.80. The van der Waals surface area contributed by atoms with Crippen LogP contribution in [-0.4, -0.2) is 61.9 Å². The first kappa shape index (κ1) is 17.7. The van der Waals surface area contributed by atoms with Gasteiger partial charge in [-0.05, 0) is 33.1 Å². The van der Waals surface area contributed by atoms with Gasteiger partial charge in [0, 0.05) is 32.3 Å². The van der Waals surface area contributed by atoms with Gasteiger partial charge in [0.05, 0.1) is 12.7 Å². The van der Waals surface area contributed by atoms with Crippen molar-refractivity contribution in [3.05, 3.63) is 0 Å². The number of piperazine rings is 1. The second-order valence-electron chi connectivity index (χ2n) is 5.55. The van der Waals surface area contributed by atoms with Gasteiger partial charge in [0.2, 0.25) is 0 Å². The average Bonchev–Trinajstić information content (AvgIpc) is 2.45. The van der Waals surface area contributed by atoms with E-state index in [0.29, 0.717) is 6.61 Å². The van der Waals surface area contributed by atoms with E-state index >= 15 is 0 Å². The molecule has 1 N–H and O–H groups in total. The largest absolute Gasteiger partial charge is 0.376 e. The minimum atomic E-state index is -0.369. The van der Waals surface area contributed by atoms with Crippen molar-refractivity contribution in [2.45, 2.75) is 51.4 Å². The smallest absolute Gasteiger partial charge is 0.251 e. The van der Waals surface area contributed by atoms with Crippen molar-refractivity contribution in [2.75, 3.05) is 32.8 Å². The molecule has 0 spiro atoms. The van der Waals surface area contributed by atoms with Crippen LogP contribution in [0.4, 0.5) is 0 Å². The molecule has 2 saturated heterocycles. The normalized spacial score (nSPS) is 28.6. The summed E-state index contributed by atoms with van der Waals surface area (Å²) < 4.78 is 11.3. The monoisotopic (exact) mass is 306 g/mol. The lowest BCUT2D eigenvalue weighted by Gasteiger charge is -2.35. The first-order valence-electron chi connectivity index (χ1n) is 7.43. The third kappa shape index (κ3) is 4.88. The van der Waals surface area contributed by atoms with Crippen molar-refractivity contribution in [1.82, 2.24) is 10.2 Å². The molecule has 2 heterocycles. The number of nitrogens with zero attached hydrogens (tertiary/aromatic N) is 1. The maximum atomic E-state index is 12.3. The Hall–Kier alpha value is -0.360. The molecule has 0 aliphatic carbocycles. The van der Waals surface area contributed by atoms with Crippen LogP contribution in [0.5, 0.6) is 0 Å². The van der Waals surface area contributed by atoms with Crippen LogP contribution in [0.1, 0.15) is 33.1 Å². The molecule has 2 fully saturated rings. The minimum Gasteiger partial charge on any atom is -0.376 e. The molecule has 0 saturated carbocycles. The van der Waals surface area contributed by atoms with Crippen LogP contribution in [0.25, 0.3) is 0 Å². The van der Waals surface area contributed by atoms with Crippen molar-refractivity contribution in [3.63, 3.8) is 0 Å². The standard InChI is InChI=1S/C14H26N2O3.ClH/c1-11-9-15-6-7-16(11)14(17)12(2)19-10-13-5-3-4-8-18-13;/h11-13,15H,3-10H2,1-2H3;1H/t11-,12?,13?;/m1./s1. The molecule has 0 aromatic carbocycles. The number of ether oxygens (including phenoxy) is 2. The van der Waals surface area contributed by atoms with Crippen LogP contribution in [0.3, 0.4) is 0 Å². The summed E-state index contributed by atoms with van der Waals surface area (Å²) in [4.78, 5) is 14.2. The number of carbonyl (C=O) groups is 1. The second-order valence-corrected chi connectivity index (χ2v) is 5.55. The number of hydrogen-bond acceptors (Lipinski definition) is 4. The van der Waals surface area contributed by atoms with Gasteiger partial charge in [0.1, 0.15) is 6.10 Å². The van der Waals surface area contributed by atoms with E-state index in [9.17, 15) is 4.79 Å². The van der Waals surface area contributed by atoms with Crippen LogP contribution in [0.15, 0.2) is 0 Å². The Morgan fingerprint density at radius 3 is 2.95 bits per heavy atom. The summed E-state index contributed by atoms with van der Waals surface area (Å²) in [6.07, 6.45) is 3.19. The van der Waals surface area contributed by atoms with Crippen LogP contribution in [0, 0.1) is 0 Å². The van der Waals surface area contributed by atoms with Gasteiger partial charge >= 0.3 is 0 Å². The van der Waals surface area contributed by atoms with Gasteiger partial charge in [-0.2, -0.15) is 0 Å². The molecule has 3 atom stereocenters. The van der Waals surface area contributed by atoms with E-state index in [-0.39, 0.29) is 36.6 Å². The fourth-order valence-corrected chi connectivity index (χ4v) is 2.66. The van der Waals surface area contributed by atoms with Gasteiger partial charge in [0.15, 0.2) is 0 Å². The first-order chi connectivity index (χ1) is 9.18. The molecule has 1 amide bonds. The second kappa shape index (κ2) is 8.82. The highest BCUT2D eigenvalue weighted by Gasteiger charge is 2.28. The molecule has 2 rings (SSSR count). The van der Waals surface area contributed by atoms with Gasteiger partial charge in [-0.25, -0.2) is 0 Å². The third-order valence-corrected chi connectivity index (χ3v) is 3.94. The molecular weight excluding hydrogens is 280 g/mol. The average molecular weight is 307 g/mol. The van der Waals surface area contributed by atoms with E-state index in [0.717, 1.165) is 39.1 Å². The number of amides is 1. The number of halogens is 1. The summed E-state index contributed by atoms with van der Waals surface area (Å²) in [6, 6.07) is 0.248. The predicted molar refractivity (Wildman–Crippen MR) is 80.3 cm³/mol. The van der Waals surface area contributed by atoms with Crippen molar-refractivity contribution >= 4 is 18.3 Å². The van der Waals surface area contributed by atoms with E-state index in [4.69, 9.17) is 9.47 Å². The zero-order chi connectivity index (χ0) is 13.7. The molecule has 2 unspecified atom stereocenters. The number of carbonyl (C=O) groups excluding carboxylic acids is 1. The molecule has 0 aromatic heterocycles. The molecule has 5 nitrogen and oxygen atoms in total. The fourth-order valence-electron chi connectivity index (χ4n) is 2.66. The Morgan fingerprint density at radius 1 is 1.50 bits per heavy atom. The Labute approximate surface area is 127 Å². The maximum Gasteiger partial charge on any atom is 0.251 e. The van der Waals surface area contributed by atoms with Crippen LogP contribution < -0.4 is 5.32 Å². The number of hydrogen-bond donors (Lipinski definition) is 1. The zero-order valence-corrected chi connectivity index (χ0v) is 13.3. The molecular formula is C14H27ClN2O3. The summed E-state index contributed by atoms with van der Waals surface area (Å²) in [7, 11) is 0. The van der Waals surface area contributed by atoms with Crippen molar-refractivity contribution < 1.29 is 14.3 Å². The Morgan fingerprint density at radius 2 is 2.30 bits per heavy atom. The Bertz CT molecular complexity index is 298. The summed E-state index contributed by atoms with van der Waals surface area (Å²) in [5.41, 5.74) is 0. The van der Waals surface area contributed by atoms with Gasteiger partial charge in [0.25, 0.3) is 5.91 Å². The lowest BCUT2D eigenvalue weighted by atomic mass is 10.1. The van der Waals surface area contributed by atoms with Crippen LogP contribution in [0.2, 0.25) is 0 Å². The highest BCUT2D eigenvalue weighted by molar-refractivity contribution is 5.85. The maximum absolute atomic E-state index is 12.3. The highest BCUT2D eigenvalue weighted by Crippen LogP contribution is 2.14. The zero-order valence-electron chi connectivity index (χ0n) is 12.5. The van der Waals surface area contributed by atoms with E-state index in [1.807, 2.05) is 11.8 Å². The van der Waals surface area contributed by atoms with Gasteiger partial charge in [-0.15, -0.1) is 12.4 Å². The topological polar surface area (TPSA) is 50.8 Å². The molecule has 2 aliphatic rings. The summed E-state index contributed by atoms with van der Waals surface area (Å²) in [5.74, 6) is 0.102. The molecule has 118 valence electrons. The lowest BCUT2D eigenvalue weighted by Crippen LogP contribution is -2.55. The van der Waals surface area contributed by atoms with Gasteiger partial charge in [-0.3, -0.25) is 4.79 Å². The quantitative estimate of drug-likeness (QED) is 0.848. The van der Waals surface area contributed by atoms with Gasteiger partial charge < -0.3 is 19.7 Å². The van der Waals surface area contributed by atoms with Gasteiger partial charge in [-0.1, -0.05) is 0 Å². The molecule has 0 aromatic rings. The van der Waals surface area contributed by atoms with Crippen LogP contribution in [-0.2, 0) is 14.3 Å². The SMILES string of the molecule is CC(OCC1CCCCO1)C(=O)N1CCNC[C@H]1C.Cl. The molecule has 20 heavy (non-hydrogen) atoms. The Balaban J connectivity index is 0.00000200. The third-order valence-electron chi connectivity index (χ3n) is 3.94. The summed E-state index contributed by atoms with van der Waals surface area (Å²) >= 11 is 0. The predicted octanol–water partition coefficient (Wildman–Crippen LogP) is 1.20. The molecule has 2 aliphatic heterocycles. The molecule has 0 bridgehead atoms. The molecule has 6 heteroatoms. The fraction of sp³-hybridized carbons (Fsp3) is 0.929.